The van der Waals surface area contributed by atoms with Crippen LogP contribution in [0.2, 0.25) is 0 Å². The first-order valence-corrected chi connectivity index (χ1v) is 8.56. The molecule has 2 rings (SSSR count). The summed E-state index contributed by atoms with van der Waals surface area (Å²) in [5.74, 6) is 1.55. The fourth-order valence-corrected chi connectivity index (χ4v) is 3.52. The molecule has 0 fully saturated rings. The van der Waals surface area contributed by atoms with Crippen LogP contribution in [0.4, 0.5) is 0 Å². The van der Waals surface area contributed by atoms with Crippen LogP contribution in [0.5, 0.6) is 11.5 Å². The number of benzene rings is 1. The molecule has 1 N–H and O–H groups in total. The van der Waals surface area contributed by atoms with Gasteiger partial charge in [-0.05, 0) is 31.0 Å². The molecule has 1 atom stereocenters. The van der Waals surface area contributed by atoms with Crippen molar-refractivity contribution < 1.29 is 17.9 Å². The molecule has 0 saturated carbocycles. The van der Waals surface area contributed by atoms with E-state index in [0.29, 0.717) is 31.1 Å². The van der Waals surface area contributed by atoms with Gasteiger partial charge in [-0.1, -0.05) is 19.4 Å². The summed E-state index contributed by atoms with van der Waals surface area (Å²) >= 11 is 0. The van der Waals surface area contributed by atoms with E-state index in [1.807, 2.05) is 32.0 Å². The number of ether oxygens (including phenoxy) is 2. The third-order valence-electron chi connectivity index (χ3n) is 3.19. The Morgan fingerprint density at radius 3 is 2.65 bits per heavy atom. The van der Waals surface area contributed by atoms with E-state index < -0.39 is 10.0 Å². The summed E-state index contributed by atoms with van der Waals surface area (Å²) in [5.41, 5.74) is 0.870. The minimum Gasteiger partial charge on any atom is -0.486 e. The summed E-state index contributed by atoms with van der Waals surface area (Å²) in [6, 6.07) is 5.23. The molecular formula is C14H21NO4S. The summed E-state index contributed by atoms with van der Waals surface area (Å²) in [5, 5.41) is 0. The second-order valence-corrected chi connectivity index (χ2v) is 6.79. The number of rotatable bonds is 6. The monoisotopic (exact) mass is 299 g/mol. The molecule has 0 amide bonds. The minimum absolute atomic E-state index is 0.165. The zero-order valence-corrected chi connectivity index (χ0v) is 12.7. The zero-order chi connectivity index (χ0) is 14.6. The van der Waals surface area contributed by atoms with Crippen molar-refractivity contribution in [2.24, 2.45) is 0 Å². The van der Waals surface area contributed by atoms with E-state index in [9.17, 15) is 8.42 Å². The lowest BCUT2D eigenvalue weighted by Gasteiger charge is -2.21. The molecule has 0 bridgehead atoms. The van der Waals surface area contributed by atoms with E-state index in [-0.39, 0.29) is 11.8 Å². The maximum atomic E-state index is 11.9. The van der Waals surface area contributed by atoms with Crippen LogP contribution in [0.25, 0.3) is 0 Å². The SMILES string of the molecule is CCCCS(=O)(=O)N[C@@H](C)c1ccc2c(c1)OCCO2. The Kier molecular flexibility index (Phi) is 4.88. The molecule has 0 saturated heterocycles. The fraction of sp³-hybridized carbons (Fsp3) is 0.571. The van der Waals surface area contributed by atoms with Crippen LogP contribution >= 0.6 is 0 Å². The lowest BCUT2D eigenvalue weighted by atomic mass is 10.1. The molecular weight excluding hydrogens is 278 g/mol. The van der Waals surface area contributed by atoms with Crippen LogP contribution in [0.3, 0.4) is 0 Å². The summed E-state index contributed by atoms with van der Waals surface area (Å²) in [4.78, 5) is 0. The van der Waals surface area contributed by atoms with Gasteiger partial charge in [0.1, 0.15) is 13.2 Å². The molecule has 1 aromatic carbocycles. The Labute approximate surface area is 120 Å². The summed E-state index contributed by atoms with van der Waals surface area (Å²) in [6.07, 6.45) is 1.53. The lowest BCUT2D eigenvalue weighted by molar-refractivity contribution is 0.171. The van der Waals surface area contributed by atoms with E-state index in [1.54, 1.807) is 0 Å². The molecule has 1 aliphatic heterocycles. The maximum Gasteiger partial charge on any atom is 0.212 e. The van der Waals surface area contributed by atoms with Gasteiger partial charge in [0.25, 0.3) is 0 Å². The maximum absolute atomic E-state index is 11.9. The molecule has 0 aromatic heterocycles. The highest BCUT2D eigenvalue weighted by Gasteiger charge is 2.18. The van der Waals surface area contributed by atoms with E-state index in [0.717, 1.165) is 12.0 Å². The molecule has 1 aliphatic rings. The predicted molar refractivity (Wildman–Crippen MR) is 77.7 cm³/mol. The second-order valence-electron chi connectivity index (χ2n) is 4.92. The molecule has 20 heavy (non-hydrogen) atoms. The Morgan fingerprint density at radius 1 is 1.25 bits per heavy atom. The molecule has 1 heterocycles. The third kappa shape index (κ3) is 3.86. The van der Waals surface area contributed by atoms with Crippen LogP contribution in [0, 0.1) is 0 Å². The van der Waals surface area contributed by atoms with Crippen molar-refractivity contribution in [2.75, 3.05) is 19.0 Å². The number of hydrogen-bond acceptors (Lipinski definition) is 4. The van der Waals surface area contributed by atoms with E-state index in [1.165, 1.54) is 0 Å². The number of nitrogens with one attached hydrogen (secondary N) is 1. The molecule has 0 aliphatic carbocycles. The molecule has 112 valence electrons. The highest BCUT2D eigenvalue weighted by molar-refractivity contribution is 7.89. The number of sulfonamides is 1. The predicted octanol–water partition coefficient (Wildman–Crippen LogP) is 2.24. The first-order chi connectivity index (χ1) is 9.52. The lowest BCUT2D eigenvalue weighted by Crippen LogP contribution is -2.29. The van der Waals surface area contributed by atoms with Gasteiger partial charge in [0.05, 0.1) is 5.75 Å². The zero-order valence-electron chi connectivity index (χ0n) is 11.9. The Hall–Kier alpha value is -1.27. The third-order valence-corrected chi connectivity index (χ3v) is 4.73. The average molecular weight is 299 g/mol. The molecule has 6 heteroatoms. The van der Waals surface area contributed by atoms with Gasteiger partial charge in [0.2, 0.25) is 10.0 Å². The van der Waals surface area contributed by atoms with Gasteiger partial charge in [-0.2, -0.15) is 0 Å². The summed E-state index contributed by atoms with van der Waals surface area (Å²) in [7, 11) is -3.23. The van der Waals surface area contributed by atoms with Crippen molar-refractivity contribution >= 4 is 10.0 Å². The molecule has 0 spiro atoms. The number of unbranched alkanes of at least 4 members (excludes halogenated alkanes) is 1. The van der Waals surface area contributed by atoms with Gasteiger partial charge in [0, 0.05) is 6.04 Å². The molecule has 1 aromatic rings. The molecule has 0 radical (unpaired) electrons. The first kappa shape index (κ1) is 15.1. The van der Waals surface area contributed by atoms with Gasteiger partial charge in [-0.15, -0.1) is 0 Å². The largest absolute Gasteiger partial charge is 0.486 e. The van der Waals surface area contributed by atoms with Gasteiger partial charge in [-0.25, -0.2) is 13.1 Å². The van der Waals surface area contributed by atoms with Crippen molar-refractivity contribution in [1.29, 1.82) is 0 Å². The standard InChI is InChI=1S/C14H21NO4S/c1-3-4-9-20(16,17)15-11(2)12-5-6-13-14(10-12)19-8-7-18-13/h5-6,10-11,15H,3-4,7-9H2,1-2H3/t11-/m0/s1. The highest BCUT2D eigenvalue weighted by atomic mass is 32.2. The normalized spacial score (nSPS) is 15.9. The Bertz CT molecular complexity index is 556. The minimum atomic E-state index is -3.23. The van der Waals surface area contributed by atoms with Crippen LogP contribution in [-0.2, 0) is 10.0 Å². The van der Waals surface area contributed by atoms with Crippen LogP contribution in [0.1, 0.15) is 38.3 Å². The van der Waals surface area contributed by atoms with Crippen molar-refractivity contribution in [3.8, 4) is 11.5 Å². The quantitative estimate of drug-likeness (QED) is 0.875. The van der Waals surface area contributed by atoms with Crippen molar-refractivity contribution in [1.82, 2.24) is 4.72 Å². The first-order valence-electron chi connectivity index (χ1n) is 6.91. The van der Waals surface area contributed by atoms with E-state index in [2.05, 4.69) is 4.72 Å². The second kappa shape index (κ2) is 6.45. The van der Waals surface area contributed by atoms with Gasteiger partial charge in [-0.3, -0.25) is 0 Å². The Balaban J connectivity index is 2.07. The summed E-state index contributed by atoms with van der Waals surface area (Å²) < 4.78 is 37.4. The highest BCUT2D eigenvalue weighted by Crippen LogP contribution is 2.32. The van der Waals surface area contributed by atoms with Gasteiger partial charge < -0.3 is 9.47 Å². The van der Waals surface area contributed by atoms with Crippen molar-refractivity contribution in [3.05, 3.63) is 23.8 Å². The topological polar surface area (TPSA) is 64.6 Å². The molecule has 5 nitrogen and oxygen atoms in total. The summed E-state index contributed by atoms with van der Waals surface area (Å²) in [6.45, 7) is 4.87. The van der Waals surface area contributed by atoms with Crippen LogP contribution in [-0.4, -0.2) is 27.4 Å². The van der Waals surface area contributed by atoms with Crippen LogP contribution < -0.4 is 14.2 Å². The number of hydrogen-bond donors (Lipinski definition) is 1. The van der Waals surface area contributed by atoms with Gasteiger partial charge >= 0.3 is 0 Å². The van der Waals surface area contributed by atoms with Crippen molar-refractivity contribution in [2.45, 2.75) is 32.7 Å². The smallest absolute Gasteiger partial charge is 0.212 e. The number of fused-ring (bicyclic) bond motifs is 1. The van der Waals surface area contributed by atoms with Crippen LogP contribution in [0.15, 0.2) is 18.2 Å². The van der Waals surface area contributed by atoms with E-state index >= 15 is 0 Å². The van der Waals surface area contributed by atoms with E-state index in [4.69, 9.17) is 9.47 Å². The fourth-order valence-electron chi connectivity index (χ4n) is 2.06. The molecule has 0 unspecified atom stereocenters. The van der Waals surface area contributed by atoms with Crippen molar-refractivity contribution in [3.63, 3.8) is 0 Å². The average Bonchev–Trinajstić information content (AvgIpc) is 2.44. The van der Waals surface area contributed by atoms with Gasteiger partial charge in [0.15, 0.2) is 11.5 Å². The Morgan fingerprint density at radius 2 is 1.95 bits per heavy atom.